The number of aryl methyl sites for hydroxylation is 2. The van der Waals surface area contributed by atoms with Crippen LogP contribution in [0.1, 0.15) is 35.8 Å². The fourth-order valence-electron chi connectivity index (χ4n) is 2.06. The molecule has 0 aliphatic carbocycles. The van der Waals surface area contributed by atoms with E-state index in [0.29, 0.717) is 17.1 Å². The third-order valence-corrected chi connectivity index (χ3v) is 4.32. The normalized spacial score (nSPS) is 13.2. The number of carbonyl (C=O) groups excluding carboxylic acids is 1. The highest BCUT2D eigenvalue weighted by Crippen LogP contribution is 2.36. The summed E-state index contributed by atoms with van der Waals surface area (Å²) in [7, 11) is 0. The first-order valence-corrected chi connectivity index (χ1v) is 7.38. The lowest BCUT2D eigenvalue weighted by atomic mass is 10.2. The number of amides is 1. The maximum absolute atomic E-state index is 12.9. The van der Waals surface area contributed by atoms with Gasteiger partial charge in [0.15, 0.2) is 11.5 Å². The van der Waals surface area contributed by atoms with Gasteiger partial charge in [-0.05, 0) is 43.6 Å². The second-order valence-corrected chi connectivity index (χ2v) is 5.85. The van der Waals surface area contributed by atoms with Crippen molar-refractivity contribution in [3.05, 3.63) is 27.3 Å². The Labute approximate surface area is 138 Å². The van der Waals surface area contributed by atoms with Gasteiger partial charge in [-0.1, -0.05) is 5.16 Å². The van der Waals surface area contributed by atoms with Gasteiger partial charge >= 0.3 is 6.18 Å². The van der Waals surface area contributed by atoms with Gasteiger partial charge < -0.3 is 9.84 Å². The largest absolute Gasteiger partial charge is 0.436 e. The number of rotatable bonds is 3. The Morgan fingerprint density at radius 1 is 1.35 bits per heavy atom. The summed E-state index contributed by atoms with van der Waals surface area (Å²) in [5.74, 6) is -0.108. The van der Waals surface area contributed by atoms with Gasteiger partial charge in [0.05, 0.1) is 10.2 Å². The van der Waals surface area contributed by atoms with E-state index in [0.717, 1.165) is 4.68 Å². The van der Waals surface area contributed by atoms with Gasteiger partial charge in [0.2, 0.25) is 5.91 Å². The predicted molar refractivity (Wildman–Crippen MR) is 79.0 cm³/mol. The number of nitrogens with one attached hydrogen (secondary N) is 1. The van der Waals surface area contributed by atoms with Crippen LogP contribution in [0.25, 0.3) is 0 Å². The van der Waals surface area contributed by atoms with E-state index < -0.39 is 23.8 Å². The van der Waals surface area contributed by atoms with Crippen LogP contribution in [0.3, 0.4) is 0 Å². The lowest BCUT2D eigenvalue weighted by molar-refractivity contribution is -0.142. The smallest absolute Gasteiger partial charge is 0.359 e. The number of hydrogen-bond acceptors (Lipinski definition) is 4. The highest BCUT2D eigenvalue weighted by molar-refractivity contribution is 9.10. The van der Waals surface area contributed by atoms with Gasteiger partial charge in [0.25, 0.3) is 0 Å². The third-order valence-electron chi connectivity index (χ3n) is 3.37. The highest BCUT2D eigenvalue weighted by atomic mass is 79.9. The molecule has 1 amide bonds. The Balaban J connectivity index is 2.30. The Morgan fingerprint density at radius 3 is 2.39 bits per heavy atom. The first kappa shape index (κ1) is 17.5. The molecule has 1 atom stereocenters. The molecule has 0 bridgehead atoms. The third kappa shape index (κ3) is 3.26. The van der Waals surface area contributed by atoms with Crippen LogP contribution in [-0.2, 0) is 11.0 Å². The van der Waals surface area contributed by atoms with Crippen molar-refractivity contribution >= 4 is 27.5 Å². The van der Waals surface area contributed by atoms with Crippen molar-refractivity contribution in [2.24, 2.45) is 0 Å². The molecule has 0 saturated heterocycles. The number of halogens is 4. The molecule has 126 valence electrons. The number of aromatic nitrogens is 3. The minimum Gasteiger partial charge on any atom is -0.359 e. The molecular formula is C13H14BrF3N4O2. The van der Waals surface area contributed by atoms with Crippen molar-refractivity contribution in [2.45, 2.75) is 39.9 Å². The van der Waals surface area contributed by atoms with E-state index in [1.54, 1.807) is 13.8 Å². The molecule has 2 heterocycles. The van der Waals surface area contributed by atoms with Crippen molar-refractivity contribution in [3.63, 3.8) is 0 Å². The molecule has 0 fully saturated rings. The van der Waals surface area contributed by atoms with Crippen molar-refractivity contribution in [1.29, 1.82) is 0 Å². The van der Waals surface area contributed by atoms with Crippen LogP contribution in [0.15, 0.2) is 9.00 Å². The van der Waals surface area contributed by atoms with Gasteiger partial charge in [-0.3, -0.25) is 9.48 Å². The average molecular weight is 395 g/mol. The number of carbonyl (C=O) groups is 1. The highest BCUT2D eigenvalue weighted by Gasteiger charge is 2.39. The molecule has 23 heavy (non-hydrogen) atoms. The Kier molecular flexibility index (Phi) is 4.56. The van der Waals surface area contributed by atoms with Crippen LogP contribution < -0.4 is 5.32 Å². The Hall–Kier alpha value is -1.84. The fourth-order valence-corrected chi connectivity index (χ4v) is 2.54. The Bertz CT molecular complexity index is 732. The van der Waals surface area contributed by atoms with Crippen LogP contribution in [0.2, 0.25) is 0 Å². The second kappa shape index (κ2) is 5.99. The first-order valence-electron chi connectivity index (χ1n) is 6.59. The van der Waals surface area contributed by atoms with E-state index in [2.05, 4.69) is 31.5 Å². The topological polar surface area (TPSA) is 73.0 Å². The number of anilines is 1. The molecule has 2 aromatic rings. The van der Waals surface area contributed by atoms with E-state index in [4.69, 9.17) is 4.52 Å². The summed E-state index contributed by atoms with van der Waals surface area (Å²) < 4.78 is 44.5. The summed E-state index contributed by atoms with van der Waals surface area (Å²) in [6, 6.07) is -0.948. The summed E-state index contributed by atoms with van der Waals surface area (Å²) in [5, 5.41) is 9.82. The molecule has 0 saturated carbocycles. The first-order chi connectivity index (χ1) is 10.5. The van der Waals surface area contributed by atoms with E-state index in [9.17, 15) is 18.0 Å². The molecule has 0 aliphatic rings. The molecule has 0 aliphatic heterocycles. The summed E-state index contributed by atoms with van der Waals surface area (Å²) in [6.45, 7) is 6.18. The van der Waals surface area contributed by atoms with Crippen molar-refractivity contribution in [3.8, 4) is 0 Å². The predicted octanol–water partition coefficient (Wildman–Crippen LogP) is 3.78. The SMILES string of the molecule is Cc1noc(C)c1NC(=O)C(C)n1nc(C(F)(F)F)c(Br)c1C. The minimum absolute atomic E-state index is 0.179. The van der Waals surface area contributed by atoms with Crippen molar-refractivity contribution < 1.29 is 22.5 Å². The summed E-state index contributed by atoms with van der Waals surface area (Å²) in [4.78, 5) is 12.3. The van der Waals surface area contributed by atoms with Crippen molar-refractivity contribution in [2.75, 3.05) is 5.32 Å². The van der Waals surface area contributed by atoms with Gasteiger partial charge in [0, 0.05) is 0 Å². The quantitative estimate of drug-likeness (QED) is 0.859. The van der Waals surface area contributed by atoms with Gasteiger partial charge in [-0.15, -0.1) is 0 Å². The zero-order valence-electron chi connectivity index (χ0n) is 12.7. The lowest BCUT2D eigenvalue weighted by Gasteiger charge is -2.14. The molecule has 2 rings (SSSR count). The van der Waals surface area contributed by atoms with E-state index in [1.165, 1.54) is 13.8 Å². The molecule has 10 heteroatoms. The molecule has 0 radical (unpaired) electrons. The number of alkyl halides is 3. The number of nitrogens with zero attached hydrogens (tertiary/aromatic N) is 3. The van der Waals surface area contributed by atoms with Crippen molar-refractivity contribution in [1.82, 2.24) is 14.9 Å². The van der Waals surface area contributed by atoms with E-state index in [1.807, 2.05) is 0 Å². The number of hydrogen-bond donors (Lipinski definition) is 1. The van der Waals surface area contributed by atoms with Crippen LogP contribution in [0.4, 0.5) is 18.9 Å². The van der Waals surface area contributed by atoms with Gasteiger partial charge in [-0.25, -0.2) is 0 Å². The maximum atomic E-state index is 12.9. The molecule has 1 unspecified atom stereocenters. The average Bonchev–Trinajstić information content (AvgIpc) is 2.92. The molecule has 0 aromatic carbocycles. The minimum atomic E-state index is -4.60. The zero-order valence-corrected chi connectivity index (χ0v) is 14.3. The summed E-state index contributed by atoms with van der Waals surface area (Å²) >= 11 is 2.88. The van der Waals surface area contributed by atoms with Gasteiger partial charge in [0.1, 0.15) is 17.4 Å². The van der Waals surface area contributed by atoms with E-state index >= 15 is 0 Å². The zero-order chi connectivity index (χ0) is 17.5. The Morgan fingerprint density at radius 2 is 1.96 bits per heavy atom. The van der Waals surface area contributed by atoms with Crippen LogP contribution >= 0.6 is 15.9 Å². The maximum Gasteiger partial charge on any atom is 0.436 e. The van der Waals surface area contributed by atoms with Crippen LogP contribution in [0, 0.1) is 20.8 Å². The molecule has 0 spiro atoms. The molecule has 1 N–H and O–H groups in total. The van der Waals surface area contributed by atoms with E-state index in [-0.39, 0.29) is 10.2 Å². The standard InChI is InChI=1S/C13H14BrF3N4O2/c1-5-10(8(4)23-20-5)18-12(22)7(3)21-6(2)9(14)11(19-21)13(15,16)17/h7H,1-4H3,(H,18,22). The fraction of sp³-hybridized carbons (Fsp3) is 0.462. The van der Waals surface area contributed by atoms with Crippen LogP contribution in [0.5, 0.6) is 0 Å². The summed E-state index contributed by atoms with van der Waals surface area (Å²) in [6.07, 6.45) is -4.60. The molecule has 6 nitrogen and oxygen atoms in total. The second-order valence-electron chi connectivity index (χ2n) is 5.05. The van der Waals surface area contributed by atoms with Gasteiger partial charge in [-0.2, -0.15) is 18.3 Å². The monoisotopic (exact) mass is 394 g/mol. The molecule has 2 aromatic heterocycles. The molecular weight excluding hydrogens is 381 g/mol. The van der Waals surface area contributed by atoms with Crippen LogP contribution in [-0.4, -0.2) is 20.8 Å². The summed E-state index contributed by atoms with van der Waals surface area (Å²) in [5.41, 5.74) is 0.0323. The lowest BCUT2D eigenvalue weighted by Crippen LogP contribution is -2.26.